The minimum Gasteiger partial charge on any atom is -0.481 e. The lowest BCUT2D eigenvalue weighted by Crippen LogP contribution is -2.54. The Bertz CT molecular complexity index is 619. The molecule has 1 amide bonds. The van der Waals surface area contributed by atoms with Crippen LogP contribution in [0.4, 0.5) is 5.95 Å². The van der Waals surface area contributed by atoms with E-state index in [9.17, 15) is 4.79 Å². The van der Waals surface area contributed by atoms with Gasteiger partial charge in [0, 0.05) is 45.1 Å². The highest BCUT2D eigenvalue weighted by Gasteiger charge is 2.42. The van der Waals surface area contributed by atoms with E-state index in [-0.39, 0.29) is 11.3 Å². The Balaban J connectivity index is 1.77. The number of nitrogens with zero attached hydrogens (tertiary/aromatic N) is 4. The van der Waals surface area contributed by atoms with Crippen molar-refractivity contribution in [2.45, 2.75) is 25.7 Å². The number of anilines is 1. The van der Waals surface area contributed by atoms with E-state index < -0.39 is 0 Å². The minimum atomic E-state index is 0.0829. The first kappa shape index (κ1) is 18.7. The van der Waals surface area contributed by atoms with Gasteiger partial charge in [-0.3, -0.25) is 4.79 Å². The van der Waals surface area contributed by atoms with E-state index >= 15 is 0 Å². The van der Waals surface area contributed by atoms with Crippen molar-refractivity contribution in [3.8, 4) is 11.8 Å². The molecule has 144 valence electrons. The zero-order chi connectivity index (χ0) is 18.6. The number of methoxy groups -OCH3 is 3. The van der Waals surface area contributed by atoms with Gasteiger partial charge in [-0.2, -0.15) is 9.97 Å². The van der Waals surface area contributed by atoms with Gasteiger partial charge in [-0.25, -0.2) is 0 Å². The molecule has 8 nitrogen and oxygen atoms in total. The molecule has 3 rings (SSSR count). The highest BCUT2D eigenvalue weighted by Crippen LogP contribution is 2.40. The molecular weight excluding hydrogens is 336 g/mol. The largest absolute Gasteiger partial charge is 0.481 e. The van der Waals surface area contributed by atoms with E-state index in [2.05, 4.69) is 14.9 Å². The maximum atomic E-state index is 12.2. The Morgan fingerprint density at radius 1 is 1.12 bits per heavy atom. The van der Waals surface area contributed by atoms with Gasteiger partial charge in [-0.1, -0.05) is 0 Å². The molecule has 1 atom stereocenters. The summed E-state index contributed by atoms with van der Waals surface area (Å²) in [6, 6.07) is 1.68. The summed E-state index contributed by atoms with van der Waals surface area (Å²) in [6.45, 7) is 3.72. The van der Waals surface area contributed by atoms with Crippen molar-refractivity contribution in [3.05, 3.63) is 6.07 Å². The first-order valence-corrected chi connectivity index (χ1v) is 9.08. The summed E-state index contributed by atoms with van der Waals surface area (Å²) in [7, 11) is 4.84. The van der Waals surface area contributed by atoms with Gasteiger partial charge >= 0.3 is 0 Å². The van der Waals surface area contributed by atoms with Crippen LogP contribution in [-0.2, 0) is 9.53 Å². The van der Waals surface area contributed by atoms with Crippen LogP contribution in [0.3, 0.4) is 0 Å². The first-order valence-electron chi connectivity index (χ1n) is 9.08. The summed E-state index contributed by atoms with van der Waals surface area (Å²) in [5.74, 6) is 1.84. The van der Waals surface area contributed by atoms with Crippen molar-refractivity contribution in [2.24, 2.45) is 5.41 Å². The summed E-state index contributed by atoms with van der Waals surface area (Å²) in [6.07, 6.45) is 3.67. The molecule has 0 saturated carbocycles. The molecule has 26 heavy (non-hydrogen) atoms. The average molecular weight is 364 g/mol. The maximum absolute atomic E-state index is 12.2. The van der Waals surface area contributed by atoms with Gasteiger partial charge in [0.05, 0.1) is 26.9 Å². The van der Waals surface area contributed by atoms with Crippen LogP contribution < -0.4 is 14.4 Å². The van der Waals surface area contributed by atoms with Gasteiger partial charge in [0.25, 0.3) is 0 Å². The van der Waals surface area contributed by atoms with Gasteiger partial charge in [0.2, 0.25) is 23.6 Å². The molecule has 0 radical (unpaired) electrons. The Morgan fingerprint density at radius 3 is 2.50 bits per heavy atom. The number of ether oxygens (including phenoxy) is 3. The van der Waals surface area contributed by atoms with Gasteiger partial charge < -0.3 is 24.0 Å². The van der Waals surface area contributed by atoms with Crippen molar-refractivity contribution in [1.29, 1.82) is 0 Å². The van der Waals surface area contributed by atoms with Gasteiger partial charge in [0.1, 0.15) is 0 Å². The molecule has 1 aromatic rings. The lowest BCUT2D eigenvalue weighted by Gasteiger charge is -2.48. The quantitative estimate of drug-likeness (QED) is 0.754. The lowest BCUT2D eigenvalue weighted by atomic mass is 9.73. The molecule has 0 bridgehead atoms. The summed E-state index contributed by atoms with van der Waals surface area (Å²) in [5.41, 5.74) is 0.0829. The van der Waals surface area contributed by atoms with Crippen LogP contribution in [0, 0.1) is 5.41 Å². The van der Waals surface area contributed by atoms with E-state index in [4.69, 9.17) is 14.2 Å². The number of likely N-dealkylation sites (tertiary alicyclic amines) is 1. The number of aromatic nitrogens is 2. The first-order chi connectivity index (χ1) is 12.6. The molecule has 3 heterocycles. The second-order valence-corrected chi connectivity index (χ2v) is 7.09. The SMILES string of the molecule is COCCN1CC2(CCCN(c3nc(OC)cc(OC)n3)C2)CCC1=O. The maximum Gasteiger partial charge on any atom is 0.231 e. The second-order valence-electron chi connectivity index (χ2n) is 7.09. The number of piperidine rings is 2. The van der Waals surface area contributed by atoms with Crippen LogP contribution in [0.5, 0.6) is 11.8 Å². The van der Waals surface area contributed by atoms with Crippen LogP contribution >= 0.6 is 0 Å². The fourth-order valence-electron chi connectivity index (χ4n) is 3.96. The third-order valence-electron chi connectivity index (χ3n) is 5.34. The Labute approximate surface area is 154 Å². The lowest BCUT2D eigenvalue weighted by molar-refractivity contribution is -0.138. The van der Waals surface area contributed by atoms with Crippen molar-refractivity contribution < 1.29 is 19.0 Å². The normalized spacial score (nSPS) is 23.4. The zero-order valence-electron chi connectivity index (χ0n) is 15.9. The van der Waals surface area contributed by atoms with Gasteiger partial charge in [0.15, 0.2) is 0 Å². The fraction of sp³-hybridized carbons (Fsp3) is 0.722. The van der Waals surface area contributed by atoms with Crippen LogP contribution in [-0.4, -0.2) is 74.9 Å². The molecule has 2 aliphatic heterocycles. The highest BCUT2D eigenvalue weighted by molar-refractivity contribution is 5.77. The molecule has 2 aliphatic rings. The van der Waals surface area contributed by atoms with E-state index in [1.807, 2.05) is 4.90 Å². The molecule has 1 aromatic heterocycles. The summed E-state index contributed by atoms with van der Waals surface area (Å²) < 4.78 is 15.7. The minimum absolute atomic E-state index is 0.0829. The Hall–Kier alpha value is -2.09. The Morgan fingerprint density at radius 2 is 1.85 bits per heavy atom. The number of carbonyl (C=O) groups excluding carboxylic acids is 1. The molecule has 0 aromatic carbocycles. The smallest absolute Gasteiger partial charge is 0.231 e. The summed E-state index contributed by atoms with van der Waals surface area (Å²) >= 11 is 0. The Kier molecular flexibility index (Phi) is 5.80. The molecule has 1 spiro atoms. The van der Waals surface area contributed by atoms with Crippen molar-refractivity contribution in [1.82, 2.24) is 14.9 Å². The van der Waals surface area contributed by atoms with E-state index in [1.165, 1.54) is 0 Å². The molecule has 2 saturated heterocycles. The van der Waals surface area contributed by atoms with Crippen molar-refractivity contribution in [2.75, 3.05) is 59.0 Å². The predicted molar refractivity (Wildman–Crippen MR) is 96.7 cm³/mol. The monoisotopic (exact) mass is 364 g/mol. The number of hydrogen-bond donors (Lipinski definition) is 0. The van der Waals surface area contributed by atoms with Crippen LogP contribution in [0.1, 0.15) is 25.7 Å². The number of carbonyl (C=O) groups is 1. The van der Waals surface area contributed by atoms with Crippen molar-refractivity contribution in [3.63, 3.8) is 0 Å². The number of rotatable bonds is 6. The number of hydrogen-bond acceptors (Lipinski definition) is 7. The van der Waals surface area contributed by atoms with E-state index in [1.54, 1.807) is 27.4 Å². The standard InChI is InChI=1S/C18H28N4O4/c1-24-10-9-21-12-18(7-5-16(21)23)6-4-8-22(13-18)17-19-14(25-2)11-15(20-17)26-3/h11H,4-10,12-13H2,1-3H3. The molecule has 1 unspecified atom stereocenters. The molecule has 2 fully saturated rings. The third kappa shape index (κ3) is 4.00. The predicted octanol–water partition coefficient (Wildman–Crippen LogP) is 1.35. The average Bonchev–Trinajstić information content (AvgIpc) is 2.68. The van der Waals surface area contributed by atoms with E-state index in [0.717, 1.165) is 38.9 Å². The molecular formula is C18H28N4O4. The third-order valence-corrected chi connectivity index (χ3v) is 5.34. The van der Waals surface area contributed by atoms with Crippen molar-refractivity contribution >= 4 is 11.9 Å². The number of amides is 1. The van der Waals surface area contributed by atoms with Gasteiger partial charge in [-0.05, 0) is 19.3 Å². The van der Waals surface area contributed by atoms with E-state index in [0.29, 0.717) is 37.3 Å². The second kappa shape index (κ2) is 8.07. The zero-order valence-corrected chi connectivity index (χ0v) is 15.9. The molecule has 0 N–H and O–H groups in total. The molecule has 8 heteroatoms. The highest BCUT2D eigenvalue weighted by atomic mass is 16.5. The fourth-order valence-corrected chi connectivity index (χ4v) is 3.96. The summed E-state index contributed by atoms with van der Waals surface area (Å²) in [4.78, 5) is 25.4. The van der Waals surface area contributed by atoms with Gasteiger partial charge in [-0.15, -0.1) is 0 Å². The van der Waals surface area contributed by atoms with Crippen LogP contribution in [0.25, 0.3) is 0 Å². The van der Waals surface area contributed by atoms with Crippen LogP contribution in [0.2, 0.25) is 0 Å². The van der Waals surface area contributed by atoms with Crippen LogP contribution in [0.15, 0.2) is 6.07 Å². The summed E-state index contributed by atoms with van der Waals surface area (Å²) in [5, 5.41) is 0. The topological polar surface area (TPSA) is 77.0 Å². The molecule has 0 aliphatic carbocycles.